The van der Waals surface area contributed by atoms with Gasteiger partial charge in [-0.3, -0.25) is 4.79 Å². The lowest BCUT2D eigenvalue weighted by Gasteiger charge is -2.29. The summed E-state index contributed by atoms with van der Waals surface area (Å²) in [5.74, 6) is -0.961. The normalized spacial score (nSPS) is 23.7. The van der Waals surface area contributed by atoms with Crippen molar-refractivity contribution in [2.75, 3.05) is 19.6 Å². The molecule has 1 fully saturated rings. The topological polar surface area (TPSA) is 64.9 Å². The molecule has 7 heteroatoms. The second kappa shape index (κ2) is 6.05. The molecule has 1 unspecified atom stereocenters. The number of halogens is 3. The van der Waals surface area contributed by atoms with Gasteiger partial charge in [-0.25, -0.2) is 0 Å². The summed E-state index contributed by atoms with van der Waals surface area (Å²) in [6.07, 6.45) is -3.32. The zero-order valence-electron chi connectivity index (χ0n) is 9.94. The molecule has 0 spiro atoms. The molecule has 0 saturated carbocycles. The van der Waals surface area contributed by atoms with Crippen molar-refractivity contribution in [3.8, 4) is 6.07 Å². The molecule has 1 saturated heterocycles. The summed E-state index contributed by atoms with van der Waals surface area (Å²) in [5, 5.41) is 13.2. The van der Waals surface area contributed by atoms with Crippen molar-refractivity contribution >= 4 is 5.91 Å². The van der Waals surface area contributed by atoms with Crippen molar-refractivity contribution in [3.05, 3.63) is 0 Å². The van der Waals surface area contributed by atoms with Crippen molar-refractivity contribution in [3.63, 3.8) is 0 Å². The van der Waals surface area contributed by atoms with Gasteiger partial charge in [-0.1, -0.05) is 0 Å². The predicted molar refractivity (Wildman–Crippen MR) is 58.4 cm³/mol. The van der Waals surface area contributed by atoms with Crippen LogP contribution in [0.4, 0.5) is 13.2 Å². The summed E-state index contributed by atoms with van der Waals surface area (Å²) in [6, 6.07) is 1.94. The fourth-order valence-corrected chi connectivity index (χ4v) is 1.96. The summed E-state index contributed by atoms with van der Waals surface area (Å²) in [5.41, 5.74) is -2.29. The minimum atomic E-state index is -4.53. The zero-order chi connectivity index (χ0) is 13.6. The largest absolute Gasteiger partial charge is 0.404 e. The second-order valence-corrected chi connectivity index (χ2v) is 4.38. The molecule has 1 amide bonds. The van der Waals surface area contributed by atoms with E-state index in [9.17, 15) is 18.0 Å². The molecule has 0 radical (unpaired) electrons. The summed E-state index contributed by atoms with van der Waals surface area (Å²) in [7, 11) is 0. The molecule has 1 rings (SSSR count). The third kappa shape index (κ3) is 3.13. The maximum Gasteiger partial charge on any atom is 0.404 e. The Hall–Kier alpha value is -1.29. The van der Waals surface area contributed by atoms with Gasteiger partial charge in [0.1, 0.15) is 0 Å². The third-order valence-corrected chi connectivity index (χ3v) is 3.13. The van der Waals surface area contributed by atoms with Crippen LogP contribution in [0, 0.1) is 16.7 Å². The van der Waals surface area contributed by atoms with Gasteiger partial charge in [0, 0.05) is 19.5 Å². The van der Waals surface area contributed by atoms with Crippen LogP contribution in [-0.4, -0.2) is 31.7 Å². The highest BCUT2D eigenvalue weighted by Gasteiger charge is 2.61. The fourth-order valence-electron chi connectivity index (χ4n) is 1.96. The van der Waals surface area contributed by atoms with Crippen LogP contribution >= 0.6 is 0 Å². The summed E-state index contributed by atoms with van der Waals surface area (Å²) in [6.45, 7) is 0.0141. The van der Waals surface area contributed by atoms with E-state index in [0.29, 0.717) is 19.3 Å². The van der Waals surface area contributed by atoms with Crippen LogP contribution in [-0.2, 0) is 4.79 Å². The molecule has 0 aromatic carbocycles. The minimum absolute atomic E-state index is 0.179. The van der Waals surface area contributed by atoms with E-state index in [-0.39, 0.29) is 26.1 Å². The molecular weight excluding hydrogens is 247 g/mol. The van der Waals surface area contributed by atoms with Gasteiger partial charge in [-0.05, 0) is 25.8 Å². The summed E-state index contributed by atoms with van der Waals surface area (Å²) >= 11 is 0. The van der Waals surface area contributed by atoms with Crippen LogP contribution in [0.25, 0.3) is 0 Å². The van der Waals surface area contributed by atoms with E-state index in [1.54, 1.807) is 0 Å². The van der Waals surface area contributed by atoms with E-state index in [1.807, 2.05) is 6.07 Å². The Bertz CT molecular complexity index is 329. The monoisotopic (exact) mass is 263 g/mol. The number of nitriles is 1. The smallest absolute Gasteiger partial charge is 0.355 e. The van der Waals surface area contributed by atoms with Crippen LogP contribution < -0.4 is 10.6 Å². The van der Waals surface area contributed by atoms with Gasteiger partial charge >= 0.3 is 6.18 Å². The number of amides is 1. The number of nitrogens with zero attached hydrogens (tertiary/aromatic N) is 1. The van der Waals surface area contributed by atoms with E-state index in [1.165, 1.54) is 0 Å². The van der Waals surface area contributed by atoms with E-state index in [4.69, 9.17) is 5.26 Å². The lowest BCUT2D eigenvalue weighted by Crippen LogP contribution is -2.52. The molecule has 1 aliphatic heterocycles. The van der Waals surface area contributed by atoms with Gasteiger partial charge in [0.25, 0.3) is 0 Å². The fraction of sp³-hybridized carbons (Fsp3) is 0.818. The molecule has 102 valence electrons. The first-order valence-electron chi connectivity index (χ1n) is 5.87. The highest BCUT2D eigenvalue weighted by molar-refractivity contribution is 5.84. The average Bonchev–Trinajstić information content (AvgIpc) is 2.78. The molecule has 2 N–H and O–H groups in total. The number of nitrogens with one attached hydrogen (secondary N) is 2. The standard InChI is InChI=1S/C11H16F3N3O/c12-11(13,14)10(4-7-16-8-10)9(18)17-6-3-1-2-5-15/h16H,1-4,6-8H2,(H,17,18). The van der Waals surface area contributed by atoms with Crippen LogP contribution in [0.1, 0.15) is 25.7 Å². The minimum Gasteiger partial charge on any atom is -0.355 e. The van der Waals surface area contributed by atoms with Crippen molar-refractivity contribution in [1.82, 2.24) is 10.6 Å². The molecule has 0 aliphatic carbocycles. The lowest BCUT2D eigenvalue weighted by atomic mass is 9.85. The zero-order valence-corrected chi connectivity index (χ0v) is 9.94. The first-order valence-corrected chi connectivity index (χ1v) is 5.87. The highest BCUT2D eigenvalue weighted by atomic mass is 19.4. The maximum absolute atomic E-state index is 13.0. The Morgan fingerprint density at radius 1 is 1.44 bits per heavy atom. The number of rotatable bonds is 5. The third-order valence-electron chi connectivity index (χ3n) is 3.13. The van der Waals surface area contributed by atoms with Crippen LogP contribution in [0.3, 0.4) is 0 Å². The van der Waals surface area contributed by atoms with Crippen LogP contribution in [0.2, 0.25) is 0 Å². The van der Waals surface area contributed by atoms with Crippen molar-refractivity contribution in [1.29, 1.82) is 5.26 Å². The number of carbonyl (C=O) groups excluding carboxylic acids is 1. The lowest BCUT2D eigenvalue weighted by molar-refractivity contribution is -0.216. The predicted octanol–water partition coefficient (Wildman–Crippen LogP) is 1.34. The molecule has 1 atom stereocenters. The number of hydrogen-bond donors (Lipinski definition) is 2. The number of unbranched alkanes of at least 4 members (excludes halogenated alkanes) is 2. The van der Waals surface area contributed by atoms with Crippen molar-refractivity contribution in [2.45, 2.75) is 31.9 Å². The van der Waals surface area contributed by atoms with Gasteiger partial charge < -0.3 is 10.6 Å². The van der Waals surface area contributed by atoms with Crippen molar-refractivity contribution in [2.24, 2.45) is 5.41 Å². The summed E-state index contributed by atoms with van der Waals surface area (Å²) in [4.78, 5) is 11.7. The summed E-state index contributed by atoms with van der Waals surface area (Å²) < 4.78 is 38.9. The SMILES string of the molecule is N#CCCCCNC(=O)C1(C(F)(F)F)CCNC1. The molecular formula is C11H16F3N3O. The van der Waals surface area contributed by atoms with E-state index >= 15 is 0 Å². The van der Waals surface area contributed by atoms with E-state index < -0.39 is 17.5 Å². The first-order chi connectivity index (χ1) is 8.44. The Morgan fingerprint density at radius 2 is 2.17 bits per heavy atom. The van der Waals surface area contributed by atoms with Gasteiger partial charge in [-0.2, -0.15) is 18.4 Å². The maximum atomic E-state index is 13.0. The Balaban J connectivity index is 2.50. The van der Waals surface area contributed by atoms with Crippen LogP contribution in [0.5, 0.6) is 0 Å². The number of carbonyl (C=O) groups is 1. The van der Waals surface area contributed by atoms with Gasteiger partial charge in [0.15, 0.2) is 5.41 Å². The molecule has 1 aliphatic rings. The van der Waals surface area contributed by atoms with E-state index in [2.05, 4.69) is 10.6 Å². The van der Waals surface area contributed by atoms with Gasteiger partial charge in [-0.15, -0.1) is 0 Å². The quantitative estimate of drug-likeness (QED) is 0.736. The molecule has 1 heterocycles. The number of alkyl halides is 3. The molecule has 0 bridgehead atoms. The molecule has 4 nitrogen and oxygen atoms in total. The van der Waals surface area contributed by atoms with E-state index in [0.717, 1.165) is 0 Å². The first kappa shape index (κ1) is 14.8. The Morgan fingerprint density at radius 3 is 2.67 bits per heavy atom. The Kier molecular flexibility index (Phi) is 4.96. The van der Waals surface area contributed by atoms with Gasteiger partial charge in [0.2, 0.25) is 5.91 Å². The Labute approximate surface area is 104 Å². The molecule has 18 heavy (non-hydrogen) atoms. The number of hydrogen-bond acceptors (Lipinski definition) is 3. The van der Waals surface area contributed by atoms with Gasteiger partial charge in [0.05, 0.1) is 6.07 Å². The molecule has 0 aromatic rings. The molecule has 0 aromatic heterocycles. The average molecular weight is 263 g/mol. The van der Waals surface area contributed by atoms with Crippen LogP contribution in [0.15, 0.2) is 0 Å². The second-order valence-electron chi connectivity index (χ2n) is 4.38. The highest BCUT2D eigenvalue weighted by Crippen LogP contribution is 2.43. The van der Waals surface area contributed by atoms with Crippen molar-refractivity contribution < 1.29 is 18.0 Å².